The number of nitrogens with zero attached hydrogens (tertiary/aromatic N) is 2. The normalized spacial score (nSPS) is 11.9. The molecule has 25 heavy (non-hydrogen) atoms. The molecule has 5 nitrogen and oxygen atoms in total. The summed E-state index contributed by atoms with van der Waals surface area (Å²) in [6.07, 6.45) is 2.66. The number of carbonyl (C=O) groups is 1. The highest BCUT2D eigenvalue weighted by Crippen LogP contribution is 2.22. The van der Waals surface area contributed by atoms with Crippen molar-refractivity contribution in [2.75, 3.05) is 6.61 Å². The molecule has 0 aliphatic rings. The lowest BCUT2D eigenvalue weighted by Crippen LogP contribution is -2.35. The first-order chi connectivity index (χ1) is 12.2. The number of hydrogen-bond acceptors (Lipinski definition) is 4. The van der Waals surface area contributed by atoms with Crippen LogP contribution in [0.15, 0.2) is 54.7 Å². The van der Waals surface area contributed by atoms with Crippen LogP contribution in [0.4, 0.5) is 0 Å². The van der Waals surface area contributed by atoms with E-state index >= 15 is 0 Å². The SMILES string of the molecule is CC[C@H](C)NC(=O)COc1ccc(-c2cnc3ccccc3n2)cc1. The fourth-order valence-corrected chi connectivity index (χ4v) is 2.39. The van der Waals surface area contributed by atoms with E-state index in [0.717, 1.165) is 28.7 Å². The molecular formula is C20H21N3O2. The average molecular weight is 335 g/mol. The molecule has 1 N–H and O–H groups in total. The molecular weight excluding hydrogens is 314 g/mol. The van der Waals surface area contributed by atoms with Crippen molar-refractivity contribution in [2.45, 2.75) is 26.3 Å². The van der Waals surface area contributed by atoms with Crippen molar-refractivity contribution >= 4 is 16.9 Å². The summed E-state index contributed by atoms with van der Waals surface area (Å²) >= 11 is 0. The van der Waals surface area contributed by atoms with Crippen LogP contribution in [0.1, 0.15) is 20.3 Å². The fraction of sp³-hybridized carbons (Fsp3) is 0.250. The number of benzene rings is 2. The quantitative estimate of drug-likeness (QED) is 0.748. The number of hydrogen-bond donors (Lipinski definition) is 1. The number of aromatic nitrogens is 2. The number of rotatable bonds is 6. The molecule has 0 bridgehead atoms. The number of amides is 1. The van der Waals surface area contributed by atoms with E-state index in [4.69, 9.17) is 4.74 Å². The van der Waals surface area contributed by atoms with Crippen LogP contribution in [0, 0.1) is 0 Å². The Labute approximate surface area is 147 Å². The van der Waals surface area contributed by atoms with Crippen molar-refractivity contribution in [1.29, 1.82) is 0 Å². The van der Waals surface area contributed by atoms with Crippen LogP contribution in [0.3, 0.4) is 0 Å². The summed E-state index contributed by atoms with van der Waals surface area (Å²) < 4.78 is 5.53. The van der Waals surface area contributed by atoms with E-state index < -0.39 is 0 Å². The van der Waals surface area contributed by atoms with Crippen molar-refractivity contribution in [3.8, 4) is 17.0 Å². The maximum Gasteiger partial charge on any atom is 0.258 e. The van der Waals surface area contributed by atoms with Crippen molar-refractivity contribution in [1.82, 2.24) is 15.3 Å². The Morgan fingerprint density at radius 2 is 1.84 bits per heavy atom. The van der Waals surface area contributed by atoms with Gasteiger partial charge in [-0.05, 0) is 49.7 Å². The monoisotopic (exact) mass is 335 g/mol. The Morgan fingerprint density at radius 1 is 1.12 bits per heavy atom. The number of para-hydroxylation sites is 2. The minimum absolute atomic E-state index is 0.0134. The lowest BCUT2D eigenvalue weighted by atomic mass is 10.1. The van der Waals surface area contributed by atoms with E-state index in [1.54, 1.807) is 6.20 Å². The molecule has 0 fully saturated rings. The summed E-state index contributed by atoms with van der Waals surface area (Å²) in [7, 11) is 0. The second kappa shape index (κ2) is 7.75. The van der Waals surface area contributed by atoms with E-state index in [2.05, 4.69) is 15.3 Å². The largest absolute Gasteiger partial charge is 0.484 e. The Kier molecular flexibility index (Phi) is 5.23. The minimum Gasteiger partial charge on any atom is -0.484 e. The van der Waals surface area contributed by atoms with Crippen LogP contribution in [0.5, 0.6) is 5.75 Å². The molecule has 1 amide bonds. The van der Waals surface area contributed by atoms with E-state index in [-0.39, 0.29) is 18.6 Å². The highest BCUT2D eigenvalue weighted by Gasteiger charge is 2.07. The van der Waals surface area contributed by atoms with Gasteiger partial charge in [-0.15, -0.1) is 0 Å². The Hall–Kier alpha value is -2.95. The molecule has 1 heterocycles. The maximum absolute atomic E-state index is 11.7. The van der Waals surface area contributed by atoms with Crippen LogP contribution in [-0.4, -0.2) is 28.5 Å². The molecule has 0 aliphatic heterocycles. The van der Waals surface area contributed by atoms with E-state index in [0.29, 0.717) is 5.75 Å². The van der Waals surface area contributed by atoms with Crippen molar-refractivity contribution < 1.29 is 9.53 Å². The van der Waals surface area contributed by atoms with Gasteiger partial charge in [0, 0.05) is 11.6 Å². The minimum atomic E-state index is -0.112. The average Bonchev–Trinajstić information content (AvgIpc) is 2.66. The Bertz CT molecular complexity index is 862. The van der Waals surface area contributed by atoms with Gasteiger partial charge in [0.15, 0.2) is 6.61 Å². The van der Waals surface area contributed by atoms with E-state index in [9.17, 15) is 4.79 Å². The zero-order valence-electron chi connectivity index (χ0n) is 14.4. The van der Waals surface area contributed by atoms with Crippen LogP contribution >= 0.6 is 0 Å². The zero-order chi connectivity index (χ0) is 17.6. The van der Waals surface area contributed by atoms with Crippen LogP contribution < -0.4 is 10.1 Å². The van der Waals surface area contributed by atoms with Gasteiger partial charge in [-0.25, -0.2) is 4.98 Å². The predicted octanol–water partition coefficient (Wildman–Crippen LogP) is 3.59. The van der Waals surface area contributed by atoms with Gasteiger partial charge in [0.2, 0.25) is 0 Å². The van der Waals surface area contributed by atoms with Gasteiger partial charge in [-0.2, -0.15) is 0 Å². The first kappa shape index (κ1) is 16.9. The Balaban J connectivity index is 1.66. The standard InChI is InChI=1S/C20H21N3O2/c1-3-14(2)22-20(24)13-25-16-10-8-15(9-11-16)19-12-21-17-6-4-5-7-18(17)23-19/h4-12,14H,3,13H2,1-2H3,(H,22,24)/t14-/m0/s1. The van der Waals surface area contributed by atoms with Gasteiger partial charge >= 0.3 is 0 Å². The summed E-state index contributed by atoms with van der Waals surface area (Å²) in [5.41, 5.74) is 3.50. The van der Waals surface area contributed by atoms with E-state index in [1.807, 2.05) is 62.4 Å². The molecule has 0 saturated heterocycles. The van der Waals surface area contributed by atoms with Crippen LogP contribution in [0.25, 0.3) is 22.3 Å². The summed E-state index contributed by atoms with van der Waals surface area (Å²) in [4.78, 5) is 20.8. The van der Waals surface area contributed by atoms with Gasteiger partial charge in [0.25, 0.3) is 5.91 Å². The second-order valence-electron chi connectivity index (χ2n) is 5.93. The summed E-state index contributed by atoms with van der Waals surface area (Å²) in [5, 5.41) is 2.87. The van der Waals surface area contributed by atoms with Crippen LogP contribution in [-0.2, 0) is 4.79 Å². The molecule has 3 rings (SSSR count). The molecule has 3 aromatic rings. The van der Waals surface area contributed by atoms with Gasteiger partial charge in [0.05, 0.1) is 22.9 Å². The molecule has 0 unspecified atom stereocenters. The Morgan fingerprint density at radius 3 is 2.56 bits per heavy atom. The van der Waals surface area contributed by atoms with Crippen molar-refractivity contribution in [3.63, 3.8) is 0 Å². The molecule has 0 aliphatic carbocycles. The highest BCUT2D eigenvalue weighted by molar-refractivity contribution is 5.78. The maximum atomic E-state index is 11.7. The third-order valence-corrected chi connectivity index (χ3v) is 3.99. The topological polar surface area (TPSA) is 64.1 Å². The van der Waals surface area contributed by atoms with Crippen molar-refractivity contribution in [3.05, 3.63) is 54.7 Å². The lowest BCUT2D eigenvalue weighted by molar-refractivity contribution is -0.123. The summed E-state index contributed by atoms with van der Waals surface area (Å²) in [6.45, 7) is 4.01. The third-order valence-electron chi connectivity index (χ3n) is 3.99. The number of fused-ring (bicyclic) bond motifs is 1. The van der Waals surface area contributed by atoms with Gasteiger partial charge < -0.3 is 10.1 Å². The number of ether oxygens (including phenoxy) is 1. The summed E-state index contributed by atoms with van der Waals surface area (Å²) in [5.74, 6) is 0.538. The van der Waals surface area contributed by atoms with E-state index in [1.165, 1.54) is 0 Å². The molecule has 1 atom stereocenters. The smallest absolute Gasteiger partial charge is 0.258 e. The number of carbonyl (C=O) groups excluding carboxylic acids is 1. The number of nitrogens with one attached hydrogen (secondary N) is 1. The van der Waals surface area contributed by atoms with Crippen LogP contribution in [0.2, 0.25) is 0 Å². The molecule has 0 saturated carbocycles. The predicted molar refractivity (Wildman–Crippen MR) is 98.4 cm³/mol. The zero-order valence-corrected chi connectivity index (χ0v) is 14.4. The molecule has 0 radical (unpaired) electrons. The van der Waals surface area contributed by atoms with Gasteiger partial charge in [-0.3, -0.25) is 9.78 Å². The van der Waals surface area contributed by atoms with Gasteiger partial charge in [0.1, 0.15) is 5.75 Å². The summed E-state index contributed by atoms with van der Waals surface area (Å²) in [6, 6.07) is 15.4. The molecule has 128 valence electrons. The van der Waals surface area contributed by atoms with Gasteiger partial charge in [-0.1, -0.05) is 19.1 Å². The van der Waals surface area contributed by atoms with Crippen molar-refractivity contribution in [2.24, 2.45) is 0 Å². The lowest BCUT2D eigenvalue weighted by Gasteiger charge is -2.12. The molecule has 0 spiro atoms. The first-order valence-electron chi connectivity index (χ1n) is 8.40. The highest BCUT2D eigenvalue weighted by atomic mass is 16.5. The first-order valence-corrected chi connectivity index (χ1v) is 8.40. The third kappa shape index (κ3) is 4.32. The second-order valence-corrected chi connectivity index (χ2v) is 5.93. The molecule has 2 aromatic carbocycles. The molecule has 5 heteroatoms. The fourth-order valence-electron chi connectivity index (χ4n) is 2.39. The molecule has 1 aromatic heterocycles.